The zero-order valence-electron chi connectivity index (χ0n) is 9.87. The van der Waals surface area contributed by atoms with Crippen LogP contribution in [0.1, 0.15) is 12.8 Å². The molecule has 0 amide bonds. The van der Waals surface area contributed by atoms with Crippen LogP contribution < -0.4 is 10.1 Å². The first kappa shape index (κ1) is 12.5. The number of anilines is 1. The summed E-state index contributed by atoms with van der Waals surface area (Å²) in [6, 6.07) is 0. The van der Waals surface area contributed by atoms with Gasteiger partial charge in [-0.3, -0.25) is 10.1 Å². The van der Waals surface area contributed by atoms with Crippen LogP contribution in [0, 0.1) is 16.0 Å². The van der Waals surface area contributed by atoms with Crippen LogP contribution in [0.25, 0.3) is 0 Å². The van der Waals surface area contributed by atoms with Gasteiger partial charge in [0.15, 0.2) is 0 Å². The van der Waals surface area contributed by atoms with Gasteiger partial charge in [-0.2, -0.15) is 4.98 Å². The van der Waals surface area contributed by atoms with E-state index in [-0.39, 0.29) is 23.9 Å². The molecule has 1 fully saturated rings. The van der Waals surface area contributed by atoms with Gasteiger partial charge in [-0.25, -0.2) is 4.98 Å². The summed E-state index contributed by atoms with van der Waals surface area (Å²) in [6.07, 6.45) is 2.67. The van der Waals surface area contributed by atoms with E-state index in [1.54, 1.807) is 0 Å². The van der Waals surface area contributed by atoms with Gasteiger partial charge in [0.25, 0.3) is 5.88 Å². The molecular weight excluding hydrogens is 240 g/mol. The highest BCUT2D eigenvalue weighted by atomic mass is 16.6. The summed E-state index contributed by atoms with van der Waals surface area (Å²) in [5.74, 6) is 0.255. The Bertz CT molecular complexity index is 450. The van der Waals surface area contributed by atoms with Gasteiger partial charge in [-0.1, -0.05) is 0 Å². The zero-order valence-corrected chi connectivity index (χ0v) is 9.87. The van der Waals surface area contributed by atoms with Crippen molar-refractivity contribution in [1.82, 2.24) is 9.97 Å². The number of ether oxygens (including phenoxy) is 1. The van der Waals surface area contributed by atoms with Crippen molar-refractivity contribution in [2.24, 2.45) is 5.92 Å². The van der Waals surface area contributed by atoms with Gasteiger partial charge in [0, 0.05) is 6.54 Å². The second kappa shape index (κ2) is 5.13. The lowest BCUT2D eigenvalue weighted by atomic mass is 10.2. The average molecular weight is 254 g/mol. The van der Waals surface area contributed by atoms with Crippen LogP contribution in [0.5, 0.6) is 5.88 Å². The first-order valence-electron chi connectivity index (χ1n) is 5.58. The molecule has 0 radical (unpaired) electrons. The summed E-state index contributed by atoms with van der Waals surface area (Å²) >= 11 is 0. The van der Waals surface area contributed by atoms with Gasteiger partial charge >= 0.3 is 5.69 Å². The predicted molar refractivity (Wildman–Crippen MR) is 62.5 cm³/mol. The minimum Gasteiger partial charge on any atom is -0.476 e. The summed E-state index contributed by atoms with van der Waals surface area (Å²) in [4.78, 5) is 17.8. The van der Waals surface area contributed by atoms with Gasteiger partial charge in [0.05, 0.1) is 18.1 Å². The summed E-state index contributed by atoms with van der Waals surface area (Å²) in [5, 5.41) is 23.4. The van der Waals surface area contributed by atoms with E-state index in [0.29, 0.717) is 5.92 Å². The van der Waals surface area contributed by atoms with E-state index in [4.69, 9.17) is 4.74 Å². The Morgan fingerprint density at radius 2 is 2.39 bits per heavy atom. The molecule has 2 rings (SSSR count). The van der Waals surface area contributed by atoms with E-state index >= 15 is 0 Å². The van der Waals surface area contributed by atoms with Gasteiger partial charge in [-0.05, 0) is 18.8 Å². The number of rotatable bonds is 6. The van der Waals surface area contributed by atoms with Crippen molar-refractivity contribution in [2.75, 3.05) is 19.0 Å². The van der Waals surface area contributed by atoms with Crippen LogP contribution in [-0.4, -0.2) is 39.8 Å². The number of hydrogen-bond donors (Lipinski definition) is 2. The van der Waals surface area contributed by atoms with E-state index in [9.17, 15) is 15.2 Å². The largest absolute Gasteiger partial charge is 0.476 e. The molecule has 1 aliphatic carbocycles. The standard InChI is InChI=1S/C10H14N4O4/c1-18-10-8(14(16)17)9(12-5-13-10)11-4-7(15)6-2-3-6/h5-7,15H,2-4H2,1H3,(H,11,12,13). The number of aliphatic hydroxyl groups excluding tert-OH is 1. The molecule has 8 heteroatoms. The molecule has 0 aromatic carbocycles. The van der Waals surface area contributed by atoms with Crippen molar-refractivity contribution in [2.45, 2.75) is 18.9 Å². The second-order valence-corrected chi connectivity index (χ2v) is 4.12. The van der Waals surface area contributed by atoms with E-state index in [1.807, 2.05) is 0 Å². The number of methoxy groups -OCH3 is 1. The molecule has 1 atom stereocenters. The minimum atomic E-state index is -0.606. The summed E-state index contributed by atoms with van der Waals surface area (Å²) < 4.78 is 4.82. The molecule has 1 heterocycles. The van der Waals surface area contributed by atoms with Crippen LogP contribution in [0.15, 0.2) is 6.33 Å². The summed E-state index contributed by atoms with van der Waals surface area (Å²) in [6.45, 7) is 0.228. The van der Waals surface area contributed by atoms with Crippen LogP contribution in [0.2, 0.25) is 0 Å². The van der Waals surface area contributed by atoms with Crippen molar-refractivity contribution >= 4 is 11.5 Å². The van der Waals surface area contributed by atoms with E-state index in [1.165, 1.54) is 13.4 Å². The topological polar surface area (TPSA) is 110 Å². The molecule has 1 saturated carbocycles. The zero-order chi connectivity index (χ0) is 13.1. The van der Waals surface area contributed by atoms with Gasteiger partial charge in [0.2, 0.25) is 5.82 Å². The van der Waals surface area contributed by atoms with Crippen molar-refractivity contribution in [3.8, 4) is 5.88 Å². The number of nitrogens with one attached hydrogen (secondary N) is 1. The van der Waals surface area contributed by atoms with Gasteiger partial charge in [-0.15, -0.1) is 0 Å². The maximum absolute atomic E-state index is 10.9. The molecule has 0 bridgehead atoms. The summed E-state index contributed by atoms with van der Waals surface area (Å²) in [7, 11) is 1.30. The first-order valence-corrected chi connectivity index (χ1v) is 5.58. The Morgan fingerprint density at radius 3 is 2.94 bits per heavy atom. The van der Waals surface area contributed by atoms with E-state index in [2.05, 4.69) is 15.3 Å². The molecule has 1 aromatic rings. The Hall–Kier alpha value is -1.96. The molecule has 0 aliphatic heterocycles. The van der Waals surface area contributed by atoms with Crippen molar-refractivity contribution < 1.29 is 14.8 Å². The third kappa shape index (κ3) is 2.65. The molecule has 0 saturated heterocycles. The lowest BCUT2D eigenvalue weighted by Crippen LogP contribution is -2.22. The minimum absolute atomic E-state index is 0.0616. The number of hydrogen-bond acceptors (Lipinski definition) is 7. The van der Waals surface area contributed by atoms with Crippen LogP contribution in [-0.2, 0) is 0 Å². The van der Waals surface area contributed by atoms with Crippen molar-refractivity contribution in [3.63, 3.8) is 0 Å². The van der Waals surface area contributed by atoms with Crippen molar-refractivity contribution in [1.29, 1.82) is 0 Å². The molecule has 98 valence electrons. The Labute approximate surface area is 103 Å². The highest BCUT2D eigenvalue weighted by molar-refractivity contribution is 5.61. The SMILES string of the molecule is COc1ncnc(NCC(O)C2CC2)c1[N+](=O)[O-]. The number of nitrogens with zero attached hydrogens (tertiary/aromatic N) is 3. The Balaban J connectivity index is 2.12. The van der Waals surface area contributed by atoms with Gasteiger partial charge in [0.1, 0.15) is 6.33 Å². The van der Waals surface area contributed by atoms with Crippen molar-refractivity contribution in [3.05, 3.63) is 16.4 Å². The molecule has 1 aliphatic rings. The Morgan fingerprint density at radius 1 is 1.67 bits per heavy atom. The molecule has 1 unspecified atom stereocenters. The van der Waals surface area contributed by atoms with Crippen LogP contribution in [0.4, 0.5) is 11.5 Å². The first-order chi connectivity index (χ1) is 8.63. The number of aromatic nitrogens is 2. The van der Waals surface area contributed by atoms with E-state index < -0.39 is 11.0 Å². The quantitative estimate of drug-likeness (QED) is 0.564. The highest BCUT2D eigenvalue weighted by Gasteiger charge is 2.30. The predicted octanol–water partition coefficient (Wildman–Crippen LogP) is 0.576. The maximum Gasteiger partial charge on any atom is 0.372 e. The Kier molecular flexibility index (Phi) is 3.56. The second-order valence-electron chi connectivity index (χ2n) is 4.12. The molecule has 0 spiro atoms. The smallest absolute Gasteiger partial charge is 0.372 e. The highest BCUT2D eigenvalue weighted by Crippen LogP contribution is 2.34. The molecule has 2 N–H and O–H groups in total. The molecule has 1 aromatic heterocycles. The van der Waals surface area contributed by atoms with Crippen LogP contribution >= 0.6 is 0 Å². The van der Waals surface area contributed by atoms with Gasteiger partial charge < -0.3 is 15.2 Å². The number of aliphatic hydroxyl groups is 1. The fraction of sp³-hybridized carbons (Fsp3) is 0.600. The van der Waals surface area contributed by atoms with E-state index in [0.717, 1.165) is 12.8 Å². The lowest BCUT2D eigenvalue weighted by Gasteiger charge is -2.11. The fourth-order valence-electron chi connectivity index (χ4n) is 1.65. The third-order valence-corrected chi connectivity index (χ3v) is 2.81. The summed E-state index contributed by atoms with van der Waals surface area (Å²) in [5.41, 5.74) is -0.317. The maximum atomic E-state index is 10.9. The van der Waals surface area contributed by atoms with Crippen LogP contribution in [0.3, 0.4) is 0 Å². The normalized spacial score (nSPS) is 16.1. The third-order valence-electron chi connectivity index (χ3n) is 2.81. The monoisotopic (exact) mass is 254 g/mol. The average Bonchev–Trinajstić information content (AvgIpc) is 3.19. The number of nitro groups is 1. The molecule has 18 heavy (non-hydrogen) atoms. The molecular formula is C10H14N4O4. The lowest BCUT2D eigenvalue weighted by molar-refractivity contribution is -0.385. The molecule has 8 nitrogen and oxygen atoms in total. The fourth-order valence-corrected chi connectivity index (χ4v) is 1.65.